The van der Waals surface area contributed by atoms with E-state index < -0.39 is 5.91 Å². The van der Waals surface area contributed by atoms with Crippen molar-refractivity contribution in [3.63, 3.8) is 0 Å². The summed E-state index contributed by atoms with van der Waals surface area (Å²) in [4.78, 5) is 11.6. The number of hydrogen-bond donors (Lipinski definition) is 3. The molecule has 0 saturated carbocycles. The SMILES string of the molecule is NC(=O)c1ccc2c(c1)C1C=CCC1C(c1c(O)ccc3ccccc13)N2. The quantitative estimate of drug-likeness (QED) is 0.593. The first kappa shape index (κ1) is 15.9. The predicted molar refractivity (Wildman–Crippen MR) is 107 cm³/mol. The smallest absolute Gasteiger partial charge is 0.248 e. The molecule has 1 aliphatic heterocycles. The van der Waals surface area contributed by atoms with Crippen molar-refractivity contribution in [2.45, 2.75) is 18.4 Å². The van der Waals surface area contributed by atoms with Crippen molar-refractivity contribution in [3.05, 3.63) is 83.4 Å². The third-order valence-electron chi connectivity index (χ3n) is 5.91. The zero-order valence-corrected chi connectivity index (χ0v) is 14.7. The molecule has 27 heavy (non-hydrogen) atoms. The largest absolute Gasteiger partial charge is 0.508 e. The summed E-state index contributed by atoms with van der Waals surface area (Å²) in [6, 6.07) is 17.5. The van der Waals surface area contributed by atoms with E-state index in [2.05, 4.69) is 29.6 Å². The maximum atomic E-state index is 11.6. The number of amides is 1. The number of benzene rings is 3. The Hall–Kier alpha value is -3.27. The van der Waals surface area contributed by atoms with E-state index in [0.29, 0.717) is 11.3 Å². The number of fused-ring (bicyclic) bond motifs is 4. The maximum absolute atomic E-state index is 11.6. The van der Waals surface area contributed by atoms with Gasteiger partial charge in [0.05, 0.1) is 6.04 Å². The molecular weight excluding hydrogens is 336 g/mol. The molecule has 5 rings (SSSR count). The fraction of sp³-hybridized carbons (Fsp3) is 0.174. The number of phenols is 1. The molecule has 1 aliphatic carbocycles. The fourth-order valence-electron chi connectivity index (χ4n) is 4.64. The number of nitrogens with one attached hydrogen (secondary N) is 1. The Balaban J connectivity index is 1.68. The summed E-state index contributed by atoms with van der Waals surface area (Å²) in [7, 11) is 0. The van der Waals surface area contributed by atoms with Gasteiger partial charge in [0.15, 0.2) is 0 Å². The maximum Gasteiger partial charge on any atom is 0.248 e. The van der Waals surface area contributed by atoms with Gasteiger partial charge in [-0.2, -0.15) is 0 Å². The second kappa shape index (κ2) is 5.88. The van der Waals surface area contributed by atoms with Crippen LogP contribution in [0.1, 0.15) is 39.9 Å². The monoisotopic (exact) mass is 356 g/mol. The van der Waals surface area contributed by atoms with Gasteiger partial charge in [0, 0.05) is 22.7 Å². The Morgan fingerprint density at radius 1 is 1.11 bits per heavy atom. The van der Waals surface area contributed by atoms with Gasteiger partial charge in [0.25, 0.3) is 0 Å². The lowest BCUT2D eigenvalue weighted by Gasteiger charge is -2.38. The molecule has 3 aromatic carbocycles. The van der Waals surface area contributed by atoms with Crippen LogP contribution in [0.2, 0.25) is 0 Å². The third-order valence-corrected chi connectivity index (χ3v) is 5.91. The molecule has 0 aromatic heterocycles. The summed E-state index contributed by atoms with van der Waals surface area (Å²) in [5.74, 6) is 0.375. The van der Waals surface area contributed by atoms with E-state index in [9.17, 15) is 9.90 Å². The predicted octanol–water partition coefficient (Wildman–Crippen LogP) is 4.47. The van der Waals surface area contributed by atoms with Gasteiger partial charge in [0.1, 0.15) is 5.75 Å². The van der Waals surface area contributed by atoms with E-state index in [-0.39, 0.29) is 17.9 Å². The number of allylic oxidation sites excluding steroid dienone is 2. The first-order valence-electron chi connectivity index (χ1n) is 9.21. The minimum Gasteiger partial charge on any atom is -0.508 e. The average Bonchev–Trinajstić information content (AvgIpc) is 3.17. The van der Waals surface area contributed by atoms with Crippen LogP contribution in [0.3, 0.4) is 0 Å². The lowest BCUT2D eigenvalue weighted by Crippen LogP contribution is -2.29. The van der Waals surface area contributed by atoms with Gasteiger partial charge >= 0.3 is 0 Å². The Morgan fingerprint density at radius 3 is 2.81 bits per heavy atom. The standard InChI is InChI=1S/C23H20N2O2/c24-23(27)14-8-10-19-18(12-14)16-6-3-7-17(16)22(25-19)21-15-5-2-1-4-13(15)9-11-20(21)26/h1-6,8-12,16-17,22,25-26H,7H2,(H2,24,27). The third kappa shape index (κ3) is 2.40. The number of anilines is 1. The van der Waals surface area contributed by atoms with Gasteiger partial charge in [-0.1, -0.05) is 42.5 Å². The summed E-state index contributed by atoms with van der Waals surface area (Å²) in [5.41, 5.74) is 9.03. The topological polar surface area (TPSA) is 75.4 Å². The van der Waals surface area contributed by atoms with Gasteiger partial charge in [-0.25, -0.2) is 0 Å². The molecular formula is C23H20N2O2. The van der Waals surface area contributed by atoms with Crippen LogP contribution in [0.4, 0.5) is 5.69 Å². The van der Waals surface area contributed by atoms with Gasteiger partial charge in [-0.05, 0) is 52.9 Å². The fourth-order valence-corrected chi connectivity index (χ4v) is 4.64. The molecule has 1 amide bonds. The van der Waals surface area contributed by atoms with E-state index in [4.69, 9.17) is 5.73 Å². The first-order chi connectivity index (χ1) is 13.1. The highest BCUT2D eigenvalue weighted by Crippen LogP contribution is 2.52. The minimum absolute atomic E-state index is 0.0111. The van der Waals surface area contributed by atoms with Crippen LogP contribution in [-0.4, -0.2) is 11.0 Å². The molecule has 4 nitrogen and oxygen atoms in total. The van der Waals surface area contributed by atoms with E-state index >= 15 is 0 Å². The van der Waals surface area contributed by atoms with Gasteiger partial charge < -0.3 is 16.2 Å². The molecule has 3 unspecified atom stereocenters. The van der Waals surface area contributed by atoms with Gasteiger partial charge in [0.2, 0.25) is 5.91 Å². The highest BCUT2D eigenvalue weighted by Gasteiger charge is 2.39. The molecule has 2 aliphatic rings. The van der Waals surface area contributed by atoms with Gasteiger partial charge in [-0.3, -0.25) is 4.79 Å². The van der Waals surface area contributed by atoms with Gasteiger partial charge in [-0.15, -0.1) is 0 Å². The summed E-state index contributed by atoms with van der Waals surface area (Å²) in [6.07, 6.45) is 5.33. The Bertz CT molecular complexity index is 1100. The number of hydrogen-bond acceptors (Lipinski definition) is 3. The highest BCUT2D eigenvalue weighted by molar-refractivity contribution is 5.94. The van der Waals surface area contributed by atoms with E-state index in [1.165, 1.54) is 0 Å². The van der Waals surface area contributed by atoms with E-state index in [1.807, 2.05) is 30.3 Å². The number of carbonyl (C=O) groups excluding carboxylic acids is 1. The summed E-state index contributed by atoms with van der Waals surface area (Å²) < 4.78 is 0. The molecule has 1 heterocycles. The lowest BCUT2D eigenvalue weighted by atomic mass is 9.75. The average molecular weight is 356 g/mol. The van der Waals surface area contributed by atoms with Crippen molar-refractivity contribution in [1.82, 2.24) is 0 Å². The molecule has 3 aromatic rings. The molecule has 0 bridgehead atoms. The Kier molecular flexibility index (Phi) is 3.47. The second-order valence-corrected chi connectivity index (χ2v) is 7.36. The van der Waals surface area contributed by atoms with Crippen LogP contribution >= 0.6 is 0 Å². The van der Waals surface area contributed by atoms with Crippen LogP contribution in [0.15, 0.2) is 66.7 Å². The summed E-state index contributed by atoms with van der Waals surface area (Å²) >= 11 is 0. The number of phenolic OH excluding ortho intramolecular Hbond substituents is 1. The van der Waals surface area contributed by atoms with Crippen molar-refractivity contribution in [2.75, 3.05) is 5.32 Å². The molecule has 3 atom stereocenters. The van der Waals surface area contributed by atoms with E-state index in [1.54, 1.807) is 12.1 Å². The van der Waals surface area contributed by atoms with Crippen LogP contribution in [-0.2, 0) is 0 Å². The molecule has 0 fully saturated rings. The second-order valence-electron chi connectivity index (χ2n) is 7.36. The summed E-state index contributed by atoms with van der Waals surface area (Å²) in [5, 5.41) is 16.5. The van der Waals surface area contributed by atoms with Crippen molar-refractivity contribution in [2.24, 2.45) is 11.7 Å². The molecule has 4 N–H and O–H groups in total. The minimum atomic E-state index is -0.412. The highest BCUT2D eigenvalue weighted by atomic mass is 16.3. The Morgan fingerprint density at radius 2 is 1.96 bits per heavy atom. The van der Waals surface area contributed by atoms with Crippen LogP contribution in [0.25, 0.3) is 10.8 Å². The van der Waals surface area contributed by atoms with Crippen LogP contribution < -0.4 is 11.1 Å². The van der Waals surface area contributed by atoms with Crippen molar-refractivity contribution < 1.29 is 9.90 Å². The zero-order valence-electron chi connectivity index (χ0n) is 14.7. The molecule has 0 radical (unpaired) electrons. The molecule has 134 valence electrons. The Labute approximate surface area is 157 Å². The lowest BCUT2D eigenvalue weighted by molar-refractivity contribution is 0.1000. The molecule has 0 spiro atoms. The first-order valence-corrected chi connectivity index (χ1v) is 9.21. The number of aromatic hydroxyl groups is 1. The van der Waals surface area contributed by atoms with Crippen LogP contribution in [0.5, 0.6) is 5.75 Å². The van der Waals surface area contributed by atoms with Crippen molar-refractivity contribution in [3.8, 4) is 5.75 Å². The normalized spacial score (nSPS) is 22.9. The van der Waals surface area contributed by atoms with E-state index in [0.717, 1.165) is 34.0 Å². The number of carbonyl (C=O) groups is 1. The van der Waals surface area contributed by atoms with Crippen LogP contribution in [0, 0.1) is 5.92 Å². The summed E-state index contributed by atoms with van der Waals surface area (Å²) in [6.45, 7) is 0. The number of primary amides is 1. The van der Waals surface area contributed by atoms with Crippen molar-refractivity contribution in [1.29, 1.82) is 0 Å². The zero-order chi connectivity index (χ0) is 18.5. The number of nitrogens with two attached hydrogens (primary N) is 1. The van der Waals surface area contributed by atoms with Crippen molar-refractivity contribution >= 4 is 22.4 Å². The molecule has 0 saturated heterocycles. The molecule has 4 heteroatoms. The number of rotatable bonds is 2.